The summed E-state index contributed by atoms with van der Waals surface area (Å²) in [6.07, 6.45) is 2.91. The van der Waals surface area contributed by atoms with E-state index in [2.05, 4.69) is 18.3 Å². The van der Waals surface area contributed by atoms with Crippen molar-refractivity contribution in [2.45, 2.75) is 31.7 Å². The van der Waals surface area contributed by atoms with Crippen LogP contribution in [0.1, 0.15) is 25.3 Å². The van der Waals surface area contributed by atoms with E-state index in [4.69, 9.17) is 11.6 Å². The number of halogens is 1. The van der Waals surface area contributed by atoms with Crippen molar-refractivity contribution in [3.05, 3.63) is 28.8 Å². The highest BCUT2D eigenvalue weighted by Crippen LogP contribution is 2.34. The summed E-state index contributed by atoms with van der Waals surface area (Å²) in [5, 5.41) is 13.6. The van der Waals surface area contributed by atoms with Gasteiger partial charge in [-0.2, -0.15) is 0 Å². The molecule has 1 aliphatic rings. The average molecular weight is 226 g/mol. The standard InChI is InChI=1S/C12H16ClNO/c1-2-12(8-15)6-5-9-3-4-10(13)7-11(9)14-12/h3-4,7,14-15H,2,5-6,8H2,1H3. The summed E-state index contributed by atoms with van der Waals surface area (Å²) in [6, 6.07) is 5.91. The highest BCUT2D eigenvalue weighted by atomic mass is 35.5. The van der Waals surface area contributed by atoms with Crippen LogP contribution in [0.4, 0.5) is 5.69 Å². The SMILES string of the molecule is CCC1(CO)CCc2ccc(Cl)cc2N1. The van der Waals surface area contributed by atoms with E-state index in [0.717, 1.165) is 30.0 Å². The lowest BCUT2D eigenvalue weighted by Gasteiger charge is -2.38. The molecule has 1 atom stereocenters. The van der Waals surface area contributed by atoms with Crippen molar-refractivity contribution >= 4 is 17.3 Å². The second-order valence-electron chi connectivity index (χ2n) is 4.22. The minimum atomic E-state index is -0.155. The summed E-state index contributed by atoms with van der Waals surface area (Å²) in [5.41, 5.74) is 2.21. The zero-order valence-electron chi connectivity index (χ0n) is 8.89. The summed E-state index contributed by atoms with van der Waals surface area (Å²) < 4.78 is 0. The second kappa shape index (κ2) is 4.03. The zero-order valence-corrected chi connectivity index (χ0v) is 9.64. The molecule has 1 aromatic rings. The van der Waals surface area contributed by atoms with Crippen molar-refractivity contribution in [2.24, 2.45) is 0 Å². The first kappa shape index (κ1) is 10.8. The number of rotatable bonds is 2. The molecule has 2 N–H and O–H groups in total. The molecule has 1 aliphatic heterocycles. The van der Waals surface area contributed by atoms with Crippen LogP contribution in [0.2, 0.25) is 5.02 Å². The smallest absolute Gasteiger partial charge is 0.0661 e. The van der Waals surface area contributed by atoms with Crippen molar-refractivity contribution in [3.63, 3.8) is 0 Å². The maximum absolute atomic E-state index is 9.44. The minimum absolute atomic E-state index is 0.155. The highest BCUT2D eigenvalue weighted by molar-refractivity contribution is 6.30. The summed E-state index contributed by atoms with van der Waals surface area (Å²) in [4.78, 5) is 0. The zero-order chi connectivity index (χ0) is 10.9. The number of aliphatic hydroxyl groups excluding tert-OH is 1. The van der Waals surface area contributed by atoms with E-state index in [1.165, 1.54) is 5.56 Å². The van der Waals surface area contributed by atoms with Gasteiger partial charge in [-0.25, -0.2) is 0 Å². The van der Waals surface area contributed by atoms with Gasteiger partial charge in [0.2, 0.25) is 0 Å². The number of anilines is 1. The Morgan fingerprint density at radius 3 is 3.00 bits per heavy atom. The Kier molecular flexibility index (Phi) is 2.89. The molecule has 15 heavy (non-hydrogen) atoms. The maximum Gasteiger partial charge on any atom is 0.0661 e. The van der Waals surface area contributed by atoms with Gasteiger partial charge in [0.1, 0.15) is 0 Å². The third-order valence-electron chi connectivity index (χ3n) is 3.32. The van der Waals surface area contributed by atoms with E-state index >= 15 is 0 Å². The lowest BCUT2D eigenvalue weighted by atomic mass is 9.85. The number of fused-ring (bicyclic) bond motifs is 1. The predicted octanol–water partition coefficient (Wildman–Crippen LogP) is 2.84. The molecule has 1 aromatic carbocycles. The van der Waals surface area contributed by atoms with E-state index in [1.807, 2.05) is 12.1 Å². The number of benzene rings is 1. The van der Waals surface area contributed by atoms with Gasteiger partial charge in [-0.3, -0.25) is 0 Å². The van der Waals surface area contributed by atoms with Gasteiger partial charge < -0.3 is 10.4 Å². The molecular weight excluding hydrogens is 210 g/mol. The third-order valence-corrected chi connectivity index (χ3v) is 3.56. The first-order chi connectivity index (χ1) is 7.19. The molecule has 3 heteroatoms. The van der Waals surface area contributed by atoms with E-state index in [1.54, 1.807) is 0 Å². The third kappa shape index (κ3) is 1.97. The molecule has 0 saturated heterocycles. The fourth-order valence-electron chi connectivity index (χ4n) is 2.10. The molecule has 0 aromatic heterocycles. The van der Waals surface area contributed by atoms with Crippen molar-refractivity contribution in [1.29, 1.82) is 0 Å². The van der Waals surface area contributed by atoms with Gasteiger partial charge in [0.15, 0.2) is 0 Å². The van der Waals surface area contributed by atoms with Crippen molar-refractivity contribution < 1.29 is 5.11 Å². The summed E-state index contributed by atoms with van der Waals surface area (Å²) >= 11 is 5.95. The first-order valence-corrected chi connectivity index (χ1v) is 5.74. The monoisotopic (exact) mass is 225 g/mol. The fraction of sp³-hybridized carbons (Fsp3) is 0.500. The van der Waals surface area contributed by atoms with Crippen molar-refractivity contribution in [3.8, 4) is 0 Å². The van der Waals surface area contributed by atoms with Crippen LogP contribution in [0.5, 0.6) is 0 Å². The highest BCUT2D eigenvalue weighted by Gasteiger charge is 2.31. The number of aryl methyl sites for hydroxylation is 1. The lowest BCUT2D eigenvalue weighted by Crippen LogP contribution is -2.44. The Morgan fingerprint density at radius 1 is 1.53 bits per heavy atom. The molecule has 0 saturated carbocycles. The molecule has 1 unspecified atom stereocenters. The molecule has 0 fully saturated rings. The average Bonchev–Trinajstić information content (AvgIpc) is 2.28. The van der Waals surface area contributed by atoms with E-state index < -0.39 is 0 Å². The Balaban J connectivity index is 2.32. The largest absolute Gasteiger partial charge is 0.394 e. The van der Waals surface area contributed by atoms with E-state index in [9.17, 15) is 5.11 Å². The molecule has 1 heterocycles. The molecule has 0 spiro atoms. The fourth-order valence-corrected chi connectivity index (χ4v) is 2.27. The molecule has 0 amide bonds. The number of nitrogens with one attached hydrogen (secondary N) is 1. The second-order valence-corrected chi connectivity index (χ2v) is 4.65. The minimum Gasteiger partial charge on any atom is -0.394 e. The van der Waals surface area contributed by atoms with Gasteiger partial charge in [0.25, 0.3) is 0 Å². The van der Waals surface area contributed by atoms with E-state index in [-0.39, 0.29) is 12.1 Å². The first-order valence-electron chi connectivity index (χ1n) is 5.36. The molecule has 0 aliphatic carbocycles. The normalized spacial score (nSPS) is 24.5. The molecule has 82 valence electrons. The number of aliphatic hydroxyl groups is 1. The molecule has 0 bridgehead atoms. The molecule has 2 rings (SSSR count). The van der Waals surface area contributed by atoms with Gasteiger partial charge in [-0.05, 0) is 37.0 Å². The quantitative estimate of drug-likeness (QED) is 0.811. The van der Waals surface area contributed by atoms with Crippen molar-refractivity contribution in [1.82, 2.24) is 0 Å². The summed E-state index contributed by atoms with van der Waals surface area (Å²) in [7, 11) is 0. The van der Waals surface area contributed by atoms with Gasteiger partial charge in [-0.15, -0.1) is 0 Å². The maximum atomic E-state index is 9.44. The topological polar surface area (TPSA) is 32.3 Å². The van der Waals surface area contributed by atoms with Gasteiger partial charge in [-0.1, -0.05) is 24.6 Å². The summed E-state index contributed by atoms with van der Waals surface area (Å²) in [5.74, 6) is 0. The molecular formula is C12H16ClNO. The Hall–Kier alpha value is -0.730. The van der Waals surface area contributed by atoms with Gasteiger partial charge in [0, 0.05) is 10.7 Å². The van der Waals surface area contributed by atoms with E-state index in [0.29, 0.717) is 0 Å². The van der Waals surface area contributed by atoms with Crippen LogP contribution in [0, 0.1) is 0 Å². The Bertz CT molecular complexity index is 361. The van der Waals surface area contributed by atoms with Crippen LogP contribution < -0.4 is 5.32 Å². The number of hydrogen-bond donors (Lipinski definition) is 2. The number of hydrogen-bond acceptors (Lipinski definition) is 2. The van der Waals surface area contributed by atoms with Crippen LogP contribution in [-0.4, -0.2) is 17.3 Å². The van der Waals surface area contributed by atoms with Gasteiger partial charge >= 0.3 is 0 Å². The van der Waals surface area contributed by atoms with Crippen LogP contribution in [0.25, 0.3) is 0 Å². The van der Waals surface area contributed by atoms with Crippen molar-refractivity contribution in [2.75, 3.05) is 11.9 Å². The summed E-state index contributed by atoms with van der Waals surface area (Å²) in [6.45, 7) is 2.27. The Morgan fingerprint density at radius 2 is 2.33 bits per heavy atom. The lowest BCUT2D eigenvalue weighted by molar-refractivity contribution is 0.195. The Labute approximate surface area is 95.3 Å². The molecule has 2 nitrogen and oxygen atoms in total. The van der Waals surface area contributed by atoms with Gasteiger partial charge in [0.05, 0.1) is 12.1 Å². The van der Waals surface area contributed by atoms with Crippen LogP contribution >= 0.6 is 11.6 Å². The van der Waals surface area contributed by atoms with Crippen LogP contribution in [0.3, 0.4) is 0 Å². The predicted molar refractivity (Wildman–Crippen MR) is 63.5 cm³/mol. The molecule has 0 radical (unpaired) electrons. The van der Waals surface area contributed by atoms with Crippen LogP contribution in [0.15, 0.2) is 18.2 Å². The van der Waals surface area contributed by atoms with Crippen LogP contribution in [-0.2, 0) is 6.42 Å².